The highest BCUT2D eigenvalue weighted by molar-refractivity contribution is 6.74. The third kappa shape index (κ3) is 1.68. The lowest BCUT2D eigenvalue weighted by molar-refractivity contribution is 0.138. The molecule has 0 fully saturated rings. The first-order valence-electron chi connectivity index (χ1n) is 3.97. The zero-order chi connectivity index (χ0) is 9.90. The highest BCUT2D eigenvalue weighted by atomic mass is 28.4. The van der Waals surface area contributed by atoms with Gasteiger partial charge in [-0.3, -0.25) is 0 Å². The summed E-state index contributed by atoms with van der Waals surface area (Å²) in [6.45, 7) is 0. The number of aryl methyl sites for hydroxylation is 1. The molecule has 0 N–H and O–H groups in total. The third-order valence-corrected chi connectivity index (χ3v) is 4.82. The van der Waals surface area contributed by atoms with Crippen molar-refractivity contribution < 1.29 is 13.3 Å². The third-order valence-electron chi connectivity index (χ3n) is 2.06. The van der Waals surface area contributed by atoms with Crippen LogP contribution in [0.15, 0.2) is 18.3 Å². The molecule has 0 atom stereocenters. The van der Waals surface area contributed by atoms with Crippen molar-refractivity contribution in [3.8, 4) is 0 Å². The molecule has 74 valence electrons. The van der Waals surface area contributed by atoms with Crippen LogP contribution in [0.3, 0.4) is 0 Å². The van der Waals surface area contributed by atoms with Crippen molar-refractivity contribution in [2.24, 2.45) is 7.05 Å². The van der Waals surface area contributed by atoms with Gasteiger partial charge < -0.3 is 17.8 Å². The Bertz CT molecular complexity index is 262. The van der Waals surface area contributed by atoms with Crippen LogP contribution < -0.4 is 5.32 Å². The normalized spacial score (nSPS) is 12.0. The van der Waals surface area contributed by atoms with Crippen molar-refractivity contribution >= 4 is 14.1 Å². The van der Waals surface area contributed by atoms with Gasteiger partial charge in [-0.05, 0) is 12.1 Å². The van der Waals surface area contributed by atoms with Crippen LogP contribution in [0.25, 0.3) is 0 Å². The molecule has 0 saturated heterocycles. The predicted octanol–water partition coefficient (Wildman–Crippen LogP) is 0.110. The van der Waals surface area contributed by atoms with Crippen LogP contribution in [0.2, 0.25) is 0 Å². The standard InChI is InChI=1S/C8H15NO3Si/c1-9-7-5-6-8(9)13(10-2,11-3)12-4/h5-7H,1-4H3. The van der Waals surface area contributed by atoms with Crippen LogP contribution in [0.5, 0.6) is 0 Å². The number of rotatable bonds is 4. The molecule has 0 aliphatic heterocycles. The second-order valence-electron chi connectivity index (χ2n) is 2.67. The Balaban J connectivity index is 3.07. The average molecular weight is 201 g/mol. The highest BCUT2D eigenvalue weighted by Crippen LogP contribution is 2.06. The minimum atomic E-state index is -2.62. The Morgan fingerprint density at radius 1 is 1.15 bits per heavy atom. The van der Waals surface area contributed by atoms with E-state index in [1.54, 1.807) is 21.3 Å². The summed E-state index contributed by atoms with van der Waals surface area (Å²) in [5.41, 5.74) is 0. The maximum atomic E-state index is 5.34. The molecule has 0 unspecified atom stereocenters. The molecular formula is C8H15NO3Si. The van der Waals surface area contributed by atoms with Crippen molar-refractivity contribution in [1.29, 1.82) is 0 Å². The first-order valence-corrected chi connectivity index (χ1v) is 5.70. The van der Waals surface area contributed by atoms with E-state index in [4.69, 9.17) is 13.3 Å². The molecule has 1 aromatic rings. The molecule has 0 radical (unpaired) electrons. The molecule has 5 heteroatoms. The fourth-order valence-corrected chi connectivity index (χ4v) is 3.28. The SMILES string of the molecule is CO[Si](OC)(OC)c1cccn1C. The summed E-state index contributed by atoms with van der Waals surface area (Å²) in [4.78, 5) is 0. The first kappa shape index (κ1) is 10.5. The number of hydrogen-bond acceptors (Lipinski definition) is 3. The fourth-order valence-electron chi connectivity index (χ4n) is 1.34. The van der Waals surface area contributed by atoms with Gasteiger partial charge >= 0.3 is 8.80 Å². The maximum Gasteiger partial charge on any atom is 0.553 e. The minimum absolute atomic E-state index is 0.958. The summed E-state index contributed by atoms with van der Waals surface area (Å²) in [7, 11) is 4.13. The Hall–Kier alpha value is -0.623. The summed E-state index contributed by atoms with van der Waals surface area (Å²) < 4.78 is 18.0. The van der Waals surface area contributed by atoms with Crippen molar-refractivity contribution in [3.63, 3.8) is 0 Å². The summed E-state index contributed by atoms with van der Waals surface area (Å²) in [5, 5.41) is 0.958. The van der Waals surface area contributed by atoms with Gasteiger partial charge in [0, 0.05) is 34.6 Å². The molecule has 0 aromatic carbocycles. The van der Waals surface area contributed by atoms with Crippen LogP contribution in [0.1, 0.15) is 0 Å². The van der Waals surface area contributed by atoms with Gasteiger partial charge in [-0.1, -0.05) is 0 Å². The monoisotopic (exact) mass is 201 g/mol. The number of hydrogen-bond donors (Lipinski definition) is 0. The van der Waals surface area contributed by atoms with Gasteiger partial charge in [0.15, 0.2) is 0 Å². The van der Waals surface area contributed by atoms with Gasteiger partial charge in [-0.2, -0.15) is 0 Å². The molecule has 0 aliphatic carbocycles. The van der Waals surface area contributed by atoms with Gasteiger partial charge in [-0.15, -0.1) is 0 Å². The zero-order valence-electron chi connectivity index (χ0n) is 8.40. The van der Waals surface area contributed by atoms with Crippen LogP contribution in [-0.4, -0.2) is 34.7 Å². The smallest absolute Gasteiger partial charge is 0.373 e. The molecule has 1 heterocycles. The highest BCUT2D eigenvalue weighted by Gasteiger charge is 2.42. The van der Waals surface area contributed by atoms with E-state index in [9.17, 15) is 0 Å². The summed E-state index contributed by atoms with van der Waals surface area (Å²) in [5.74, 6) is 0. The molecule has 4 nitrogen and oxygen atoms in total. The fraction of sp³-hybridized carbons (Fsp3) is 0.500. The molecule has 0 bridgehead atoms. The van der Waals surface area contributed by atoms with E-state index in [0.717, 1.165) is 5.32 Å². The Labute approximate surface area is 79.4 Å². The summed E-state index contributed by atoms with van der Waals surface area (Å²) in [6, 6.07) is 3.89. The van der Waals surface area contributed by atoms with Crippen molar-refractivity contribution in [1.82, 2.24) is 4.57 Å². The van der Waals surface area contributed by atoms with Gasteiger partial charge in [0.05, 0.1) is 5.32 Å². The second-order valence-corrected chi connectivity index (χ2v) is 5.52. The Kier molecular flexibility index (Phi) is 3.26. The van der Waals surface area contributed by atoms with Crippen LogP contribution in [0.4, 0.5) is 0 Å². The molecule has 13 heavy (non-hydrogen) atoms. The lowest BCUT2D eigenvalue weighted by Gasteiger charge is -2.24. The van der Waals surface area contributed by atoms with E-state index in [1.165, 1.54) is 0 Å². The first-order chi connectivity index (χ1) is 6.20. The zero-order valence-corrected chi connectivity index (χ0v) is 9.40. The van der Waals surface area contributed by atoms with E-state index in [1.807, 2.05) is 29.9 Å². The number of nitrogens with zero attached hydrogens (tertiary/aromatic N) is 1. The minimum Gasteiger partial charge on any atom is -0.373 e. The number of aromatic nitrogens is 1. The molecule has 0 aliphatic rings. The van der Waals surface area contributed by atoms with Crippen LogP contribution in [0, 0.1) is 0 Å². The molecule has 1 aromatic heterocycles. The van der Waals surface area contributed by atoms with E-state index < -0.39 is 8.80 Å². The molecule has 0 spiro atoms. The van der Waals surface area contributed by atoms with Crippen molar-refractivity contribution in [3.05, 3.63) is 18.3 Å². The molecule has 1 rings (SSSR count). The van der Waals surface area contributed by atoms with E-state index in [0.29, 0.717) is 0 Å². The predicted molar refractivity (Wildman–Crippen MR) is 51.8 cm³/mol. The van der Waals surface area contributed by atoms with E-state index in [2.05, 4.69) is 0 Å². The van der Waals surface area contributed by atoms with Gasteiger partial charge in [0.25, 0.3) is 0 Å². The largest absolute Gasteiger partial charge is 0.553 e. The van der Waals surface area contributed by atoms with Crippen LogP contribution in [-0.2, 0) is 20.3 Å². The Morgan fingerprint density at radius 3 is 2.00 bits per heavy atom. The molecule has 0 saturated carbocycles. The molecular weight excluding hydrogens is 186 g/mol. The summed E-state index contributed by atoms with van der Waals surface area (Å²) >= 11 is 0. The molecule has 0 amide bonds. The van der Waals surface area contributed by atoms with E-state index >= 15 is 0 Å². The van der Waals surface area contributed by atoms with E-state index in [-0.39, 0.29) is 0 Å². The lowest BCUT2D eigenvalue weighted by Crippen LogP contribution is -2.57. The second kappa shape index (κ2) is 4.06. The van der Waals surface area contributed by atoms with Crippen molar-refractivity contribution in [2.75, 3.05) is 21.3 Å². The van der Waals surface area contributed by atoms with Crippen LogP contribution >= 0.6 is 0 Å². The quantitative estimate of drug-likeness (QED) is 0.648. The van der Waals surface area contributed by atoms with Gasteiger partial charge in [-0.25, -0.2) is 0 Å². The average Bonchev–Trinajstić information content (AvgIpc) is 2.57. The lowest BCUT2D eigenvalue weighted by atomic mass is 10.7. The maximum absolute atomic E-state index is 5.34. The summed E-state index contributed by atoms with van der Waals surface area (Å²) in [6.07, 6.45) is 1.94. The topological polar surface area (TPSA) is 32.6 Å². The Morgan fingerprint density at radius 2 is 1.69 bits per heavy atom. The van der Waals surface area contributed by atoms with Gasteiger partial charge in [0.1, 0.15) is 0 Å². The van der Waals surface area contributed by atoms with Crippen molar-refractivity contribution in [2.45, 2.75) is 0 Å². The van der Waals surface area contributed by atoms with Gasteiger partial charge in [0.2, 0.25) is 0 Å².